The minimum absolute atomic E-state index is 0.142. The summed E-state index contributed by atoms with van der Waals surface area (Å²) in [6.45, 7) is 8.41. The maximum atomic E-state index is 12.5. The number of carbonyl (C=O) groups is 1. The van der Waals surface area contributed by atoms with E-state index in [1.165, 1.54) is 0 Å². The summed E-state index contributed by atoms with van der Waals surface area (Å²) in [5.41, 5.74) is 1.05. The van der Waals surface area contributed by atoms with E-state index in [4.69, 9.17) is 4.74 Å². The lowest BCUT2D eigenvalue weighted by Gasteiger charge is -2.30. The van der Waals surface area contributed by atoms with Crippen LogP contribution in [0.5, 0.6) is 0 Å². The summed E-state index contributed by atoms with van der Waals surface area (Å²) >= 11 is 0. The number of nitrogens with one attached hydrogen (secondary N) is 1. The Morgan fingerprint density at radius 3 is 2.95 bits per heavy atom. The maximum absolute atomic E-state index is 12.5. The molecule has 0 spiro atoms. The fourth-order valence-electron chi connectivity index (χ4n) is 2.38. The van der Waals surface area contributed by atoms with Crippen molar-refractivity contribution in [3.05, 3.63) is 18.2 Å². The number of carbonyl (C=O) groups excluding carboxylic acids is 1. The Kier molecular flexibility index (Phi) is 5.55. The minimum Gasteiger partial charge on any atom is -0.378 e. The van der Waals surface area contributed by atoms with Gasteiger partial charge in [0.2, 0.25) is 5.91 Å². The van der Waals surface area contributed by atoms with E-state index in [1.807, 2.05) is 22.6 Å². The quantitative estimate of drug-likeness (QED) is 0.783. The molecular formula is C14H24N4O2. The second kappa shape index (κ2) is 7.40. The van der Waals surface area contributed by atoms with Crippen molar-refractivity contribution in [2.45, 2.75) is 32.9 Å². The van der Waals surface area contributed by atoms with E-state index in [1.54, 1.807) is 6.33 Å². The van der Waals surface area contributed by atoms with Crippen LogP contribution < -0.4 is 5.32 Å². The normalized spacial score (nSPS) is 17.2. The first-order valence-electron chi connectivity index (χ1n) is 7.32. The van der Waals surface area contributed by atoms with Crippen LogP contribution in [0.3, 0.4) is 0 Å². The summed E-state index contributed by atoms with van der Waals surface area (Å²) < 4.78 is 7.25. The van der Waals surface area contributed by atoms with Crippen LogP contribution in [0, 0.1) is 0 Å². The highest BCUT2D eigenvalue weighted by Gasteiger charge is 2.24. The van der Waals surface area contributed by atoms with Gasteiger partial charge in [-0.3, -0.25) is 4.79 Å². The average molecular weight is 280 g/mol. The zero-order chi connectivity index (χ0) is 14.4. The van der Waals surface area contributed by atoms with Crippen LogP contribution >= 0.6 is 0 Å². The largest absolute Gasteiger partial charge is 0.378 e. The van der Waals surface area contributed by atoms with Crippen LogP contribution in [0.2, 0.25) is 0 Å². The number of morpholine rings is 1. The van der Waals surface area contributed by atoms with Gasteiger partial charge in [0.05, 0.1) is 25.2 Å². The van der Waals surface area contributed by atoms with Crippen LogP contribution in [0.15, 0.2) is 12.5 Å². The number of aromatic nitrogens is 2. The number of amides is 1. The third-order valence-corrected chi connectivity index (χ3v) is 3.58. The molecule has 1 aliphatic rings. The van der Waals surface area contributed by atoms with Gasteiger partial charge in [-0.15, -0.1) is 0 Å². The lowest BCUT2D eigenvalue weighted by molar-refractivity contribution is -0.138. The van der Waals surface area contributed by atoms with Crippen LogP contribution in [0.4, 0.5) is 0 Å². The van der Waals surface area contributed by atoms with Crippen molar-refractivity contribution in [1.82, 2.24) is 19.8 Å². The van der Waals surface area contributed by atoms with Crippen molar-refractivity contribution in [2.75, 3.05) is 32.8 Å². The molecule has 0 radical (unpaired) electrons. The van der Waals surface area contributed by atoms with Gasteiger partial charge in [0.15, 0.2) is 0 Å². The molecule has 0 aliphatic carbocycles. The van der Waals surface area contributed by atoms with Gasteiger partial charge in [-0.05, 0) is 19.9 Å². The first-order valence-corrected chi connectivity index (χ1v) is 7.32. The Morgan fingerprint density at radius 2 is 2.25 bits per heavy atom. The number of rotatable bonds is 6. The summed E-state index contributed by atoms with van der Waals surface area (Å²) in [6, 6.07) is -0.214. The first kappa shape index (κ1) is 15.0. The van der Waals surface area contributed by atoms with Gasteiger partial charge < -0.3 is 19.5 Å². The molecule has 1 atom stereocenters. The molecule has 6 nitrogen and oxygen atoms in total. The molecule has 0 bridgehead atoms. The van der Waals surface area contributed by atoms with E-state index < -0.39 is 0 Å². The fourth-order valence-corrected chi connectivity index (χ4v) is 2.38. The van der Waals surface area contributed by atoms with Crippen molar-refractivity contribution in [1.29, 1.82) is 0 Å². The van der Waals surface area contributed by atoms with Gasteiger partial charge >= 0.3 is 0 Å². The Balaban J connectivity index is 1.98. The molecule has 1 aliphatic heterocycles. The second-order valence-corrected chi connectivity index (χ2v) is 5.08. The van der Waals surface area contributed by atoms with Crippen LogP contribution in [0.1, 0.15) is 32.0 Å². The van der Waals surface area contributed by atoms with Gasteiger partial charge in [0.25, 0.3) is 0 Å². The summed E-state index contributed by atoms with van der Waals surface area (Å²) in [5, 5.41) is 3.35. The van der Waals surface area contributed by atoms with Gasteiger partial charge in [-0.2, -0.15) is 0 Å². The van der Waals surface area contributed by atoms with E-state index in [0.717, 1.165) is 25.2 Å². The van der Waals surface area contributed by atoms with Crippen molar-refractivity contribution < 1.29 is 9.53 Å². The molecule has 0 aromatic carbocycles. The van der Waals surface area contributed by atoms with Crippen molar-refractivity contribution >= 4 is 5.91 Å². The summed E-state index contributed by atoms with van der Waals surface area (Å²) in [6.07, 6.45) is 4.66. The zero-order valence-corrected chi connectivity index (χ0v) is 12.3. The predicted molar refractivity (Wildman–Crippen MR) is 76.3 cm³/mol. The highest BCUT2D eigenvalue weighted by atomic mass is 16.5. The fraction of sp³-hybridized carbons (Fsp3) is 0.714. The van der Waals surface area contributed by atoms with E-state index >= 15 is 0 Å². The molecular weight excluding hydrogens is 256 g/mol. The number of hydrogen-bond donors (Lipinski definition) is 1. The number of nitrogens with zero attached hydrogens (tertiary/aromatic N) is 3. The Labute approximate surface area is 120 Å². The third kappa shape index (κ3) is 3.58. The SMILES string of the molecule is CCCNCc1cncn1C(C)C(=O)N1CCOCC1. The van der Waals surface area contributed by atoms with Gasteiger partial charge in [-0.25, -0.2) is 4.98 Å². The molecule has 1 fully saturated rings. The maximum Gasteiger partial charge on any atom is 0.245 e. The Morgan fingerprint density at radius 1 is 1.50 bits per heavy atom. The molecule has 1 N–H and O–H groups in total. The lowest BCUT2D eigenvalue weighted by Crippen LogP contribution is -2.43. The van der Waals surface area contributed by atoms with E-state index in [0.29, 0.717) is 26.3 Å². The molecule has 2 heterocycles. The zero-order valence-electron chi connectivity index (χ0n) is 12.3. The Hall–Kier alpha value is -1.40. The minimum atomic E-state index is -0.214. The first-order chi connectivity index (χ1) is 9.74. The molecule has 2 rings (SSSR count). The van der Waals surface area contributed by atoms with Crippen molar-refractivity contribution in [3.8, 4) is 0 Å². The molecule has 1 aromatic heterocycles. The summed E-state index contributed by atoms with van der Waals surface area (Å²) in [7, 11) is 0. The molecule has 112 valence electrons. The number of ether oxygens (including phenoxy) is 1. The summed E-state index contributed by atoms with van der Waals surface area (Å²) in [5.74, 6) is 0.142. The van der Waals surface area contributed by atoms with E-state index in [-0.39, 0.29) is 11.9 Å². The number of hydrogen-bond acceptors (Lipinski definition) is 4. The molecule has 1 amide bonds. The molecule has 0 saturated carbocycles. The number of imidazole rings is 1. The smallest absolute Gasteiger partial charge is 0.245 e. The highest BCUT2D eigenvalue weighted by Crippen LogP contribution is 2.14. The molecule has 1 saturated heterocycles. The molecule has 1 unspecified atom stereocenters. The monoisotopic (exact) mass is 280 g/mol. The van der Waals surface area contributed by atoms with Gasteiger partial charge in [-0.1, -0.05) is 6.92 Å². The van der Waals surface area contributed by atoms with Crippen LogP contribution in [-0.2, 0) is 16.1 Å². The van der Waals surface area contributed by atoms with Crippen molar-refractivity contribution in [3.63, 3.8) is 0 Å². The van der Waals surface area contributed by atoms with Gasteiger partial charge in [0, 0.05) is 25.8 Å². The van der Waals surface area contributed by atoms with Crippen LogP contribution in [-0.4, -0.2) is 53.2 Å². The van der Waals surface area contributed by atoms with Gasteiger partial charge in [0.1, 0.15) is 6.04 Å². The Bertz CT molecular complexity index is 427. The molecule has 1 aromatic rings. The lowest BCUT2D eigenvalue weighted by atomic mass is 10.2. The average Bonchev–Trinajstić information content (AvgIpc) is 2.95. The molecule has 20 heavy (non-hydrogen) atoms. The topological polar surface area (TPSA) is 59.4 Å². The highest BCUT2D eigenvalue weighted by molar-refractivity contribution is 5.80. The molecule has 6 heteroatoms. The third-order valence-electron chi connectivity index (χ3n) is 3.58. The van der Waals surface area contributed by atoms with Crippen molar-refractivity contribution in [2.24, 2.45) is 0 Å². The summed E-state index contributed by atoms with van der Waals surface area (Å²) in [4.78, 5) is 18.5. The van der Waals surface area contributed by atoms with E-state index in [9.17, 15) is 4.79 Å². The second-order valence-electron chi connectivity index (χ2n) is 5.08. The standard InChI is InChI=1S/C14H24N4O2/c1-3-4-15-9-13-10-16-11-18(13)12(2)14(19)17-5-7-20-8-6-17/h10-12,15H,3-9H2,1-2H3. The predicted octanol–water partition coefficient (Wildman–Crippen LogP) is 0.802. The van der Waals surface area contributed by atoms with Crippen LogP contribution in [0.25, 0.3) is 0 Å². The van der Waals surface area contributed by atoms with E-state index in [2.05, 4.69) is 17.2 Å².